The summed E-state index contributed by atoms with van der Waals surface area (Å²) in [6, 6.07) is 14.2. The molecular formula is C30H36ClN7OS. The highest BCUT2D eigenvalue weighted by atomic mass is 35.5. The molecule has 2 aromatic carbocycles. The molecule has 40 heavy (non-hydrogen) atoms. The number of piperazine rings is 1. The normalized spacial score (nSPS) is 14.4. The first kappa shape index (κ1) is 28.3. The van der Waals surface area contributed by atoms with Crippen molar-refractivity contribution in [1.82, 2.24) is 24.6 Å². The van der Waals surface area contributed by atoms with Crippen LogP contribution in [0, 0.1) is 6.92 Å². The zero-order chi connectivity index (χ0) is 28.4. The van der Waals surface area contributed by atoms with Gasteiger partial charge in [-0.2, -0.15) is 10.1 Å². The molecule has 1 fully saturated rings. The van der Waals surface area contributed by atoms with Gasteiger partial charge in [0.2, 0.25) is 11.8 Å². The fourth-order valence-corrected chi connectivity index (χ4v) is 5.69. The number of halogens is 1. The minimum absolute atomic E-state index is 0.316. The van der Waals surface area contributed by atoms with Crippen LogP contribution in [0.25, 0.3) is 11.3 Å². The van der Waals surface area contributed by atoms with Gasteiger partial charge < -0.3 is 14.5 Å². The SMILES string of the molecule is Cc1ccccc1-c1nc(NSc2cnn(C)c2)nc(Oc2cccc(N3CCN(C)CC3)c2Cl)c1C(C)(C)C. The Morgan fingerprint density at radius 3 is 2.40 bits per heavy atom. The lowest BCUT2D eigenvalue weighted by Gasteiger charge is -2.34. The molecule has 0 atom stereocenters. The molecule has 8 nitrogen and oxygen atoms in total. The molecule has 0 aliphatic carbocycles. The Kier molecular flexibility index (Phi) is 8.26. The quantitative estimate of drug-likeness (QED) is 0.240. The molecule has 0 saturated carbocycles. The Morgan fingerprint density at radius 2 is 1.73 bits per heavy atom. The summed E-state index contributed by atoms with van der Waals surface area (Å²) in [6.45, 7) is 12.4. The van der Waals surface area contributed by atoms with Gasteiger partial charge in [0.05, 0.1) is 22.5 Å². The third-order valence-corrected chi connectivity index (χ3v) is 8.07. The highest BCUT2D eigenvalue weighted by Crippen LogP contribution is 2.44. The predicted octanol–water partition coefficient (Wildman–Crippen LogP) is 6.80. The van der Waals surface area contributed by atoms with Crippen LogP contribution < -0.4 is 14.4 Å². The van der Waals surface area contributed by atoms with E-state index < -0.39 is 0 Å². The monoisotopic (exact) mass is 577 g/mol. The highest BCUT2D eigenvalue weighted by molar-refractivity contribution is 8.00. The lowest BCUT2D eigenvalue weighted by Crippen LogP contribution is -2.44. The molecule has 10 heteroatoms. The van der Waals surface area contributed by atoms with E-state index in [2.05, 4.69) is 72.6 Å². The zero-order valence-electron chi connectivity index (χ0n) is 23.9. The van der Waals surface area contributed by atoms with Gasteiger partial charge in [0, 0.05) is 50.6 Å². The van der Waals surface area contributed by atoms with Crippen molar-refractivity contribution in [3.8, 4) is 22.9 Å². The number of likely N-dealkylation sites (N-methyl/N-ethyl adjacent to an activating group) is 1. The van der Waals surface area contributed by atoms with E-state index in [9.17, 15) is 0 Å². The van der Waals surface area contributed by atoms with Crippen LogP contribution in [0.1, 0.15) is 31.9 Å². The van der Waals surface area contributed by atoms with Gasteiger partial charge in [0.25, 0.3) is 0 Å². The molecule has 1 aliphatic rings. The fourth-order valence-electron chi connectivity index (χ4n) is 4.80. The molecule has 210 valence electrons. The van der Waals surface area contributed by atoms with Crippen molar-refractivity contribution in [2.75, 3.05) is 42.8 Å². The molecule has 0 bridgehead atoms. The van der Waals surface area contributed by atoms with Gasteiger partial charge in [0.15, 0.2) is 0 Å². The molecule has 0 unspecified atom stereocenters. The molecule has 0 radical (unpaired) electrons. The second-order valence-corrected chi connectivity index (χ2v) is 12.4. The van der Waals surface area contributed by atoms with E-state index in [0.29, 0.717) is 22.6 Å². The van der Waals surface area contributed by atoms with Gasteiger partial charge in [-0.15, -0.1) is 0 Å². The first-order valence-corrected chi connectivity index (χ1v) is 14.6. The first-order chi connectivity index (χ1) is 19.1. The van der Waals surface area contributed by atoms with Crippen LogP contribution in [0.4, 0.5) is 11.6 Å². The molecule has 1 aliphatic heterocycles. The Hall–Kier alpha value is -3.27. The van der Waals surface area contributed by atoms with E-state index in [-0.39, 0.29) is 5.41 Å². The average molecular weight is 578 g/mol. The molecule has 2 aromatic heterocycles. The minimum Gasteiger partial charge on any atom is -0.437 e. The van der Waals surface area contributed by atoms with Crippen LogP contribution in [-0.2, 0) is 12.5 Å². The van der Waals surface area contributed by atoms with Crippen LogP contribution in [0.15, 0.2) is 59.8 Å². The van der Waals surface area contributed by atoms with Crippen LogP contribution >= 0.6 is 23.5 Å². The molecular weight excluding hydrogens is 542 g/mol. The van der Waals surface area contributed by atoms with Crippen molar-refractivity contribution >= 4 is 35.2 Å². The largest absolute Gasteiger partial charge is 0.437 e. The number of aryl methyl sites for hydroxylation is 2. The summed E-state index contributed by atoms with van der Waals surface area (Å²) >= 11 is 8.41. The first-order valence-electron chi connectivity index (χ1n) is 13.4. The highest BCUT2D eigenvalue weighted by Gasteiger charge is 2.29. The lowest BCUT2D eigenvalue weighted by molar-refractivity contribution is 0.313. The van der Waals surface area contributed by atoms with Crippen LogP contribution in [-0.4, -0.2) is 57.9 Å². The maximum atomic E-state index is 7.01. The predicted molar refractivity (Wildman–Crippen MR) is 165 cm³/mol. The summed E-state index contributed by atoms with van der Waals surface area (Å²) < 4.78 is 11.7. The van der Waals surface area contributed by atoms with Crippen molar-refractivity contribution in [1.29, 1.82) is 0 Å². The van der Waals surface area contributed by atoms with E-state index in [1.807, 2.05) is 37.5 Å². The number of hydrogen-bond acceptors (Lipinski definition) is 8. The Balaban J connectivity index is 1.59. The van der Waals surface area contributed by atoms with Gasteiger partial charge in [0.1, 0.15) is 10.8 Å². The van der Waals surface area contributed by atoms with Crippen LogP contribution in [0.3, 0.4) is 0 Å². The summed E-state index contributed by atoms with van der Waals surface area (Å²) in [5.74, 6) is 1.50. The van der Waals surface area contributed by atoms with Crippen molar-refractivity contribution in [2.24, 2.45) is 7.05 Å². The second-order valence-electron chi connectivity index (χ2n) is 11.2. The molecule has 5 rings (SSSR count). The third-order valence-electron chi connectivity index (χ3n) is 6.96. The number of rotatable bonds is 7. The van der Waals surface area contributed by atoms with E-state index in [4.69, 9.17) is 26.3 Å². The Bertz CT molecular complexity index is 1490. The number of nitrogens with zero attached hydrogens (tertiary/aromatic N) is 6. The summed E-state index contributed by atoms with van der Waals surface area (Å²) in [5, 5.41) is 4.84. The van der Waals surface area contributed by atoms with Crippen molar-refractivity contribution in [2.45, 2.75) is 38.0 Å². The molecule has 3 heterocycles. The maximum absolute atomic E-state index is 7.01. The van der Waals surface area contributed by atoms with Gasteiger partial charge >= 0.3 is 0 Å². The summed E-state index contributed by atoms with van der Waals surface area (Å²) in [6.07, 6.45) is 3.73. The molecule has 0 amide bonds. The van der Waals surface area contributed by atoms with E-state index >= 15 is 0 Å². The second kappa shape index (κ2) is 11.7. The van der Waals surface area contributed by atoms with E-state index in [1.54, 1.807) is 10.9 Å². The van der Waals surface area contributed by atoms with Crippen LogP contribution in [0.5, 0.6) is 11.6 Å². The Labute approximate surface area is 245 Å². The fraction of sp³-hybridized carbons (Fsp3) is 0.367. The van der Waals surface area contributed by atoms with Gasteiger partial charge in [-0.3, -0.25) is 9.40 Å². The molecule has 0 spiro atoms. The number of hydrogen-bond donors (Lipinski definition) is 1. The summed E-state index contributed by atoms with van der Waals surface area (Å²) in [5.41, 5.74) is 4.56. The van der Waals surface area contributed by atoms with E-state index in [1.165, 1.54) is 11.9 Å². The van der Waals surface area contributed by atoms with Gasteiger partial charge in [-0.05, 0) is 49.0 Å². The number of anilines is 2. The number of nitrogens with one attached hydrogen (secondary N) is 1. The average Bonchev–Trinajstić information content (AvgIpc) is 3.33. The van der Waals surface area contributed by atoms with Crippen molar-refractivity contribution in [3.63, 3.8) is 0 Å². The summed E-state index contributed by atoms with van der Waals surface area (Å²) in [4.78, 5) is 15.5. The number of benzene rings is 2. The number of ether oxygens (including phenoxy) is 1. The smallest absolute Gasteiger partial charge is 0.237 e. The molecule has 4 aromatic rings. The topological polar surface area (TPSA) is 71.3 Å². The number of aromatic nitrogens is 4. The van der Waals surface area contributed by atoms with Gasteiger partial charge in [-0.25, -0.2) is 4.98 Å². The molecule has 1 N–H and O–H groups in total. The van der Waals surface area contributed by atoms with Crippen molar-refractivity contribution < 1.29 is 4.74 Å². The van der Waals surface area contributed by atoms with Gasteiger partial charge in [-0.1, -0.05) is 62.7 Å². The minimum atomic E-state index is -0.316. The Morgan fingerprint density at radius 1 is 0.975 bits per heavy atom. The third kappa shape index (κ3) is 6.22. The summed E-state index contributed by atoms with van der Waals surface area (Å²) in [7, 11) is 4.03. The van der Waals surface area contributed by atoms with Crippen molar-refractivity contribution in [3.05, 3.63) is 71.0 Å². The molecule has 1 saturated heterocycles. The van der Waals surface area contributed by atoms with E-state index in [0.717, 1.165) is 59.1 Å². The maximum Gasteiger partial charge on any atom is 0.237 e. The zero-order valence-corrected chi connectivity index (χ0v) is 25.5. The van der Waals surface area contributed by atoms with Crippen LogP contribution in [0.2, 0.25) is 5.02 Å². The lowest BCUT2D eigenvalue weighted by atomic mass is 9.84. The standard InChI is InChI=1S/C30H36ClN7OS/c1-20-10-7-8-11-22(20)27-25(30(2,3)4)28(34-29(33-27)35-40-21-18-32-37(6)19-21)39-24-13-9-12-23(26(24)31)38-16-14-36(5)15-17-38/h7-13,18-19H,14-17H2,1-6H3,(H,33,34,35).